The van der Waals surface area contributed by atoms with E-state index >= 15 is 0 Å². The number of hydrogen-bond donors (Lipinski definition) is 2. The molecule has 1 fully saturated rings. The number of phenols is 1. The van der Waals surface area contributed by atoms with Gasteiger partial charge in [-0.2, -0.15) is 0 Å². The van der Waals surface area contributed by atoms with Crippen LogP contribution in [0.4, 0.5) is 5.95 Å². The predicted molar refractivity (Wildman–Crippen MR) is 90.5 cm³/mol. The number of halogens is 1. The SMILES string of the molecule is O=C(NC1CCN(c2ncccn2)CC1)c1cc(Br)ccc1O. The lowest BCUT2D eigenvalue weighted by Crippen LogP contribution is -2.45. The average Bonchev–Trinajstić information content (AvgIpc) is 2.58. The molecule has 1 aromatic heterocycles. The van der Waals surface area contributed by atoms with E-state index in [1.807, 2.05) is 0 Å². The second kappa shape index (κ2) is 6.95. The van der Waals surface area contributed by atoms with E-state index in [0.29, 0.717) is 0 Å². The van der Waals surface area contributed by atoms with Crippen molar-refractivity contribution in [3.05, 3.63) is 46.7 Å². The minimum Gasteiger partial charge on any atom is -0.507 e. The topological polar surface area (TPSA) is 78.4 Å². The Balaban J connectivity index is 1.58. The molecule has 0 unspecified atom stereocenters. The van der Waals surface area contributed by atoms with Crippen LogP contribution in [0.25, 0.3) is 0 Å². The molecule has 1 aliphatic heterocycles. The van der Waals surface area contributed by atoms with Crippen LogP contribution in [-0.4, -0.2) is 40.1 Å². The van der Waals surface area contributed by atoms with Crippen molar-refractivity contribution >= 4 is 27.8 Å². The second-order valence-corrected chi connectivity index (χ2v) is 6.36. The Morgan fingerprint density at radius 1 is 1.26 bits per heavy atom. The lowest BCUT2D eigenvalue weighted by Gasteiger charge is -2.32. The average molecular weight is 377 g/mol. The van der Waals surface area contributed by atoms with Crippen molar-refractivity contribution in [1.82, 2.24) is 15.3 Å². The van der Waals surface area contributed by atoms with Crippen LogP contribution in [0.1, 0.15) is 23.2 Å². The van der Waals surface area contributed by atoms with Gasteiger partial charge in [0.1, 0.15) is 5.75 Å². The van der Waals surface area contributed by atoms with Crippen molar-refractivity contribution in [1.29, 1.82) is 0 Å². The Morgan fingerprint density at radius 3 is 2.65 bits per heavy atom. The van der Waals surface area contributed by atoms with E-state index in [4.69, 9.17) is 0 Å². The molecule has 1 saturated heterocycles. The summed E-state index contributed by atoms with van der Waals surface area (Å²) < 4.78 is 0.761. The number of amides is 1. The van der Waals surface area contributed by atoms with Crippen molar-refractivity contribution < 1.29 is 9.90 Å². The molecule has 2 N–H and O–H groups in total. The molecule has 120 valence electrons. The quantitative estimate of drug-likeness (QED) is 0.859. The van der Waals surface area contributed by atoms with Gasteiger partial charge in [0.05, 0.1) is 5.56 Å². The Kier molecular flexibility index (Phi) is 4.76. The van der Waals surface area contributed by atoms with Crippen LogP contribution >= 0.6 is 15.9 Å². The number of carbonyl (C=O) groups excluding carboxylic acids is 1. The zero-order chi connectivity index (χ0) is 16.2. The molecular formula is C16H17BrN4O2. The zero-order valence-electron chi connectivity index (χ0n) is 12.4. The predicted octanol–water partition coefficient (Wildman–Crippen LogP) is 2.34. The Labute approximate surface area is 142 Å². The molecule has 1 aromatic carbocycles. The number of hydrogen-bond acceptors (Lipinski definition) is 5. The molecule has 6 nitrogen and oxygen atoms in total. The molecule has 0 saturated carbocycles. The third-order valence-corrected chi connectivity index (χ3v) is 4.36. The molecule has 0 atom stereocenters. The van der Waals surface area contributed by atoms with Crippen molar-refractivity contribution in [3.8, 4) is 5.75 Å². The number of rotatable bonds is 3. The van der Waals surface area contributed by atoms with Gasteiger partial charge < -0.3 is 15.3 Å². The van der Waals surface area contributed by atoms with Crippen LogP contribution < -0.4 is 10.2 Å². The molecule has 1 amide bonds. The second-order valence-electron chi connectivity index (χ2n) is 5.45. The fourth-order valence-corrected chi connectivity index (χ4v) is 2.99. The van der Waals surface area contributed by atoms with Crippen molar-refractivity contribution in [2.75, 3.05) is 18.0 Å². The molecular weight excluding hydrogens is 360 g/mol. The number of nitrogens with zero attached hydrogens (tertiary/aromatic N) is 3. The summed E-state index contributed by atoms with van der Waals surface area (Å²) in [6.07, 6.45) is 5.09. The van der Waals surface area contributed by atoms with Gasteiger partial charge in [0.25, 0.3) is 5.91 Å². The molecule has 0 radical (unpaired) electrons. The number of nitrogens with one attached hydrogen (secondary N) is 1. The Morgan fingerprint density at radius 2 is 1.96 bits per heavy atom. The third kappa shape index (κ3) is 3.79. The highest BCUT2D eigenvalue weighted by molar-refractivity contribution is 9.10. The van der Waals surface area contributed by atoms with Crippen molar-refractivity contribution in [2.45, 2.75) is 18.9 Å². The van der Waals surface area contributed by atoms with Crippen molar-refractivity contribution in [2.24, 2.45) is 0 Å². The molecule has 3 rings (SSSR count). The molecule has 0 spiro atoms. The largest absolute Gasteiger partial charge is 0.507 e. The highest BCUT2D eigenvalue weighted by Crippen LogP contribution is 2.22. The monoisotopic (exact) mass is 376 g/mol. The van der Waals surface area contributed by atoms with E-state index in [2.05, 4.69) is 36.1 Å². The Hall–Kier alpha value is -2.15. The van der Waals surface area contributed by atoms with Gasteiger partial charge in [-0.25, -0.2) is 9.97 Å². The number of aromatic nitrogens is 2. The van der Waals surface area contributed by atoms with Gasteiger partial charge in [0.2, 0.25) is 5.95 Å². The van der Waals surface area contributed by atoms with Crippen LogP contribution in [0.5, 0.6) is 5.75 Å². The van der Waals surface area contributed by atoms with Crippen LogP contribution in [-0.2, 0) is 0 Å². The van der Waals surface area contributed by atoms with Gasteiger partial charge in [-0.15, -0.1) is 0 Å². The molecule has 1 aliphatic rings. The minimum absolute atomic E-state index is 0.0131. The summed E-state index contributed by atoms with van der Waals surface area (Å²) in [5.41, 5.74) is 0.285. The molecule has 2 heterocycles. The first-order valence-electron chi connectivity index (χ1n) is 7.45. The molecule has 23 heavy (non-hydrogen) atoms. The summed E-state index contributed by atoms with van der Waals surface area (Å²) in [6.45, 7) is 1.58. The first-order valence-corrected chi connectivity index (χ1v) is 8.24. The number of anilines is 1. The minimum atomic E-state index is -0.252. The highest BCUT2D eigenvalue weighted by atomic mass is 79.9. The lowest BCUT2D eigenvalue weighted by atomic mass is 10.0. The third-order valence-electron chi connectivity index (χ3n) is 3.87. The fraction of sp³-hybridized carbons (Fsp3) is 0.312. The lowest BCUT2D eigenvalue weighted by molar-refractivity contribution is 0.0928. The van der Waals surface area contributed by atoms with Crippen LogP contribution in [0.3, 0.4) is 0 Å². The number of carbonyl (C=O) groups is 1. The first-order chi connectivity index (χ1) is 11.1. The highest BCUT2D eigenvalue weighted by Gasteiger charge is 2.23. The molecule has 2 aromatic rings. The molecule has 7 heteroatoms. The van der Waals surface area contributed by atoms with E-state index in [9.17, 15) is 9.90 Å². The van der Waals surface area contributed by atoms with Crippen LogP contribution in [0.15, 0.2) is 41.1 Å². The Bertz CT molecular complexity index is 688. The summed E-state index contributed by atoms with van der Waals surface area (Å²) in [5.74, 6) is 0.459. The molecule has 0 bridgehead atoms. The van der Waals surface area contributed by atoms with Gasteiger partial charge in [-0.1, -0.05) is 15.9 Å². The van der Waals surface area contributed by atoms with Crippen molar-refractivity contribution in [3.63, 3.8) is 0 Å². The van der Waals surface area contributed by atoms with E-state index in [1.165, 1.54) is 6.07 Å². The molecule has 0 aliphatic carbocycles. The van der Waals surface area contributed by atoms with E-state index < -0.39 is 0 Å². The maximum atomic E-state index is 12.3. The first kappa shape index (κ1) is 15.7. The fourth-order valence-electron chi connectivity index (χ4n) is 2.63. The summed E-state index contributed by atoms with van der Waals surface area (Å²) >= 11 is 3.31. The standard InChI is InChI=1S/C16H17BrN4O2/c17-11-2-3-14(22)13(10-11)15(23)20-12-4-8-21(9-5-12)16-18-6-1-7-19-16/h1-3,6-7,10,12,22H,4-5,8-9H2,(H,20,23). The summed E-state index contributed by atoms with van der Waals surface area (Å²) in [4.78, 5) is 22.9. The smallest absolute Gasteiger partial charge is 0.255 e. The number of phenolic OH excluding ortho intramolecular Hbond substituents is 1. The van der Waals surface area contributed by atoms with Gasteiger partial charge in [-0.05, 0) is 37.1 Å². The number of aromatic hydroxyl groups is 1. The van der Waals surface area contributed by atoms with Crippen LogP contribution in [0.2, 0.25) is 0 Å². The normalized spacial score (nSPS) is 15.4. The number of benzene rings is 1. The number of piperidine rings is 1. The summed E-state index contributed by atoms with van der Waals surface area (Å²) in [5, 5.41) is 12.8. The summed E-state index contributed by atoms with van der Waals surface area (Å²) in [7, 11) is 0. The van der Waals surface area contributed by atoms with E-state index in [-0.39, 0.29) is 23.3 Å². The van der Waals surface area contributed by atoms with E-state index in [1.54, 1.807) is 30.6 Å². The van der Waals surface area contributed by atoms with Gasteiger partial charge in [0, 0.05) is 36.0 Å². The van der Waals surface area contributed by atoms with Gasteiger partial charge >= 0.3 is 0 Å². The van der Waals surface area contributed by atoms with E-state index in [0.717, 1.165) is 36.4 Å². The summed E-state index contributed by atoms with van der Waals surface area (Å²) in [6, 6.07) is 6.71. The van der Waals surface area contributed by atoms with Crippen LogP contribution in [0, 0.1) is 0 Å². The zero-order valence-corrected chi connectivity index (χ0v) is 14.0. The van der Waals surface area contributed by atoms with Gasteiger partial charge in [0.15, 0.2) is 0 Å². The van der Waals surface area contributed by atoms with Gasteiger partial charge in [-0.3, -0.25) is 4.79 Å². The maximum Gasteiger partial charge on any atom is 0.255 e. The maximum absolute atomic E-state index is 12.3.